The fourth-order valence-corrected chi connectivity index (χ4v) is 2.32. The number of carbonyl (C=O) groups excluding carboxylic acids is 1. The number of hydrogen-bond acceptors (Lipinski definition) is 4. The van der Waals surface area contributed by atoms with Gasteiger partial charge in [0, 0.05) is 19.1 Å². The maximum Gasteiger partial charge on any atom is 0.410 e. The number of rotatable bonds is 5. The summed E-state index contributed by atoms with van der Waals surface area (Å²) < 4.78 is 5.38. The lowest BCUT2D eigenvalue weighted by atomic mass is 9.96. The Hall–Kier alpha value is -0.810. The van der Waals surface area contributed by atoms with Crippen LogP contribution in [-0.2, 0) is 4.74 Å². The highest BCUT2D eigenvalue weighted by Crippen LogP contribution is 2.19. The molecule has 118 valence electrons. The number of likely N-dealkylation sites (tertiary alicyclic amines) is 1. The molecular formula is C15H30N2O3. The van der Waals surface area contributed by atoms with Crippen LogP contribution in [0.5, 0.6) is 0 Å². The molecule has 1 aliphatic heterocycles. The number of amides is 1. The van der Waals surface area contributed by atoms with Crippen molar-refractivity contribution in [2.45, 2.75) is 58.6 Å². The van der Waals surface area contributed by atoms with Gasteiger partial charge in [0.2, 0.25) is 0 Å². The predicted octanol–water partition coefficient (Wildman–Crippen LogP) is 1.99. The first-order valence-electron chi connectivity index (χ1n) is 7.68. The number of nitrogens with zero attached hydrogens (tertiary/aromatic N) is 1. The molecule has 1 heterocycles. The van der Waals surface area contributed by atoms with Gasteiger partial charge in [0.25, 0.3) is 0 Å². The minimum atomic E-state index is -0.426. The summed E-state index contributed by atoms with van der Waals surface area (Å²) in [6, 6.07) is 0.193. The van der Waals surface area contributed by atoms with E-state index < -0.39 is 5.60 Å². The minimum Gasteiger partial charge on any atom is -0.444 e. The average Bonchev–Trinajstić information content (AvgIpc) is 2.38. The van der Waals surface area contributed by atoms with Crippen molar-refractivity contribution in [3.63, 3.8) is 0 Å². The second-order valence-electron chi connectivity index (χ2n) is 6.61. The fourth-order valence-electron chi connectivity index (χ4n) is 2.32. The lowest BCUT2D eigenvalue weighted by molar-refractivity contribution is 0.0183. The molecule has 0 aromatic heterocycles. The van der Waals surface area contributed by atoms with E-state index in [0.717, 1.165) is 38.9 Å². The lowest BCUT2D eigenvalue weighted by Gasteiger charge is -2.34. The third-order valence-corrected chi connectivity index (χ3v) is 3.67. The van der Waals surface area contributed by atoms with Crippen molar-refractivity contribution in [3.05, 3.63) is 0 Å². The van der Waals surface area contributed by atoms with Gasteiger partial charge < -0.3 is 20.1 Å². The van der Waals surface area contributed by atoms with Crippen LogP contribution >= 0.6 is 0 Å². The van der Waals surface area contributed by atoms with Crippen LogP contribution in [0.3, 0.4) is 0 Å². The number of aliphatic hydroxyl groups is 1. The highest BCUT2D eigenvalue weighted by atomic mass is 16.6. The van der Waals surface area contributed by atoms with E-state index in [0.29, 0.717) is 5.92 Å². The van der Waals surface area contributed by atoms with E-state index in [-0.39, 0.29) is 18.7 Å². The first-order chi connectivity index (χ1) is 9.35. The first kappa shape index (κ1) is 17.2. The maximum atomic E-state index is 11.9. The van der Waals surface area contributed by atoms with E-state index in [2.05, 4.69) is 12.2 Å². The van der Waals surface area contributed by atoms with Gasteiger partial charge in [-0.05, 0) is 52.5 Å². The van der Waals surface area contributed by atoms with Crippen molar-refractivity contribution in [1.82, 2.24) is 10.2 Å². The first-order valence-corrected chi connectivity index (χ1v) is 7.68. The van der Waals surface area contributed by atoms with Crippen LogP contribution in [0, 0.1) is 5.92 Å². The Morgan fingerprint density at radius 1 is 1.40 bits per heavy atom. The standard InChI is InChI=1S/C15H30N2O3/c1-5-13(11-18)16-10-12-6-8-17(9-7-12)14(19)20-15(2,3)4/h12-13,16,18H,5-11H2,1-4H3/t13-/m1/s1. The molecule has 0 aromatic carbocycles. The van der Waals surface area contributed by atoms with Gasteiger partial charge in [-0.3, -0.25) is 0 Å². The number of carbonyl (C=O) groups is 1. The van der Waals surface area contributed by atoms with E-state index >= 15 is 0 Å². The molecule has 1 aliphatic rings. The fraction of sp³-hybridized carbons (Fsp3) is 0.933. The zero-order chi connectivity index (χ0) is 15.2. The highest BCUT2D eigenvalue weighted by Gasteiger charge is 2.26. The number of ether oxygens (including phenoxy) is 1. The Morgan fingerprint density at radius 2 is 2.00 bits per heavy atom. The number of piperidine rings is 1. The van der Waals surface area contributed by atoms with Gasteiger partial charge in [-0.25, -0.2) is 4.79 Å². The molecule has 0 aliphatic carbocycles. The Bertz CT molecular complexity index is 290. The third kappa shape index (κ3) is 6.09. The van der Waals surface area contributed by atoms with Crippen LogP contribution in [0.4, 0.5) is 4.79 Å². The van der Waals surface area contributed by atoms with Gasteiger partial charge in [0.05, 0.1) is 6.61 Å². The van der Waals surface area contributed by atoms with Crippen molar-refractivity contribution in [2.24, 2.45) is 5.92 Å². The molecule has 0 bridgehead atoms. The van der Waals surface area contributed by atoms with Crippen molar-refractivity contribution < 1.29 is 14.6 Å². The molecule has 1 atom stereocenters. The predicted molar refractivity (Wildman–Crippen MR) is 79.7 cm³/mol. The second kappa shape index (κ2) is 7.84. The number of aliphatic hydroxyl groups excluding tert-OH is 1. The van der Waals surface area contributed by atoms with Crippen molar-refractivity contribution >= 4 is 6.09 Å². The Labute approximate surface area is 122 Å². The molecule has 0 radical (unpaired) electrons. The van der Waals surface area contributed by atoms with Crippen molar-refractivity contribution in [1.29, 1.82) is 0 Å². The highest BCUT2D eigenvalue weighted by molar-refractivity contribution is 5.68. The normalized spacial score (nSPS) is 18.9. The van der Waals surface area contributed by atoms with E-state index in [1.165, 1.54) is 0 Å². The van der Waals surface area contributed by atoms with Crippen molar-refractivity contribution in [2.75, 3.05) is 26.2 Å². The number of nitrogens with one attached hydrogen (secondary N) is 1. The van der Waals surface area contributed by atoms with E-state index in [9.17, 15) is 4.79 Å². The molecule has 2 N–H and O–H groups in total. The lowest BCUT2D eigenvalue weighted by Crippen LogP contribution is -2.44. The van der Waals surface area contributed by atoms with Crippen LogP contribution in [0.2, 0.25) is 0 Å². The van der Waals surface area contributed by atoms with Gasteiger partial charge in [-0.15, -0.1) is 0 Å². The quantitative estimate of drug-likeness (QED) is 0.811. The monoisotopic (exact) mass is 286 g/mol. The van der Waals surface area contributed by atoms with Crippen LogP contribution < -0.4 is 5.32 Å². The van der Waals surface area contributed by atoms with Crippen LogP contribution in [0.1, 0.15) is 47.0 Å². The molecular weight excluding hydrogens is 256 g/mol. The van der Waals surface area contributed by atoms with Crippen LogP contribution in [0.15, 0.2) is 0 Å². The summed E-state index contributed by atoms with van der Waals surface area (Å²) >= 11 is 0. The summed E-state index contributed by atoms with van der Waals surface area (Å²) in [4.78, 5) is 13.7. The second-order valence-corrected chi connectivity index (χ2v) is 6.61. The zero-order valence-electron chi connectivity index (χ0n) is 13.3. The van der Waals surface area contributed by atoms with Gasteiger partial charge >= 0.3 is 6.09 Å². The Morgan fingerprint density at radius 3 is 2.45 bits per heavy atom. The Kier molecular flexibility index (Phi) is 6.76. The summed E-state index contributed by atoms with van der Waals surface area (Å²) in [6.45, 7) is 10.4. The molecule has 5 nitrogen and oxygen atoms in total. The SMILES string of the molecule is CC[C@H](CO)NCC1CCN(C(=O)OC(C)(C)C)CC1. The third-order valence-electron chi connectivity index (χ3n) is 3.67. The maximum absolute atomic E-state index is 11.9. The van der Waals surface area contributed by atoms with Gasteiger partial charge in [0.15, 0.2) is 0 Å². The molecule has 0 aromatic rings. The summed E-state index contributed by atoms with van der Waals surface area (Å²) in [5.41, 5.74) is -0.426. The topological polar surface area (TPSA) is 61.8 Å². The molecule has 0 unspecified atom stereocenters. The van der Waals surface area contributed by atoms with E-state index in [1.807, 2.05) is 20.8 Å². The minimum absolute atomic E-state index is 0.188. The van der Waals surface area contributed by atoms with Crippen LogP contribution in [-0.4, -0.2) is 54.0 Å². The van der Waals surface area contributed by atoms with Gasteiger partial charge in [0.1, 0.15) is 5.60 Å². The molecule has 1 fully saturated rings. The number of hydrogen-bond donors (Lipinski definition) is 2. The zero-order valence-corrected chi connectivity index (χ0v) is 13.3. The van der Waals surface area contributed by atoms with E-state index in [1.54, 1.807) is 4.90 Å². The van der Waals surface area contributed by atoms with E-state index in [4.69, 9.17) is 9.84 Å². The van der Waals surface area contributed by atoms with Gasteiger partial charge in [-0.2, -0.15) is 0 Å². The summed E-state index contributed by atoms with van der Waals surface area (Å²) in [5.74, 6) is 0.578. The molecule has 1 saturated heterocycles. The largest absolute Gasteiger partial charge is 0.444 e. The molecule has 20 heavy (non-hydrogen) atoms. The van der Waals surface area contributed by atoms with Crippen molar-refractivity contribution in [3.8, 4) is 0 Å². The molecule has 5 heteroatoms. The molecule has 1 amide bonds. The molecule has 0 spiro atoms. The molecule has 0 saturated carbocycles. The van der Waals surface area contributed by atoms with Crippen LogP contribution in [0.25, 0.3) is 0 Å². The summed E-state index contributed by atoms with van der Waals surface area (Å²) in [7, 11) is 0. The average molecular weight is 286 g/mol. The molecule has 1 rings (SSSR count). The Balaban J connectivity index is 2.28. The summed E-state index contributed by atoms with van der Waals surface area (Å²) in [5, 5.41) is 12.5. The van der Waals surface area contributed by atoms with Gasteiger partial charge in [-0.1, -0.05) is 6.92 Å². The smallest absolute Gasteiger partial charge is 0.410 e. The summed E-state index contributed by atoms with van der Waals surface area (Å²) in [6.07, 6.45) is 2.72.